The van der Waals surface area contributed by atoms with Crippen LogP contribution in [0.15, 0.2) is 0 Å². The summed E-state index contributed by atoms with van der Waals surface area (Å²) in [5, 5.41) is 0. The third-order valence-corrected chi connectivity index (χ3v) is 4.97. The van der Waals surface area contributed by atoms with Gasteiger partial charge in [0.05, 0.1) is 19.1 Å². The summed E-state index contributed by atoms with van der Waals surface area (Å²) >= 11 is 0. The van der Waals surface area contributed by atoms with Crippen molar-refractivity contribution >= 4 is 17.7 Å². The van der Waals surface area contributed by atoms with E-state index in [0.717, 1.165) is 25.7 Å². The van der Waals surface area contributed by atoms with Crippen LogP contribution >= 0.6 is 0 Å². The zero-order valence-corrected chi connectivity index (χ0v) is 12.7. The summed E-state index contributed by atoms with van der Waals surface area (Å²) in [6.45, 7) is 1.48. The first kappa shape index (κ1) is 15.3. The molecule has 0 bridgehead atoms. The highest BCUT2D eigenvalue weighted by molar-refractivity contribution is 5.90. The quantitative estimate of drug-likeness (QED) is 0.760. The predicted octanol–water partition coefficient (Wildman–Crippen LogP) is -0.510. The number of carbonyl (C=O) groups is 3. The summed E-state index contributed by atoms with van der Waals surface area (Å²) in [6.07, 6.45) is 3.98. The smallest absolute Gasteiger partial charge is 0.248 e. The summed E-state index contributed by atoms with van der Waals surface area (Å²) < 4.78 is 5.26. The monoisotopic (exact) mass is 309 g/mol. The largest absolute Gasteiger partial charge is 0.367 e. The van der Waals surface area contributed by atoms with E-state index < -0.39 is 12.0 Å². The van der Waals surface area contributed by atoms with E-state index in [1.54, 1.807) is 4.90 Å². The summed E-state index contributed by atoms with van der Waals surface area (Å²) in [5.41, 5.74) is 5.25. The minimum atomic E-state index is -0.735. The van der Waals surface area contributed by atoms with E-state index in [2.05, 4.69) is 0 Å². The number of ether oxygens (including phenoxy) is 1. The second-order valence-corrected chi connectivity index (χ2v) is 6.43. The third-order valence-electron chi connectivity index (χ3n) is 4.97. The van der Waals surface area contributed by atoms with Crippen LogP contribution < -0.4 is 5.73 Å². The number of primary amides is 1. The molecule has 2 heterocycles. The van der Waals surface area contributed by atoms with Gasteiger partial charge in [0.25, 0.3) is 0 Å². The van der Waals surface area contributed by atoms with Crippen LogP contribution in [-0.4, -0.2) is 65.9 Å². The Morgan fingerprint density at radius 2 is 1.91 bits per heavy atom. The van der Waals surface area contributed by atoms with Crippen molar-refractivity contribution in [2.45, 2.75) is 44.2 Å². The van der Waals surface area contributed by atoms with Crippen molar-refractivity contribution in [3.63, 3.8) is 0 Å². The number of morpholine rings is 1. The van der Waals surface area contributed by atoms with Gasteiger partial charge >= 0.3 is 0 Å². The van der Waals surface area contributed by atoms with Crippen molar-refractivity contribution in [3.8, 4) is 0 Å². The van der Waals surface area contributed by atoms with Gasteiger partial charge in [-0.3, -0.25) is 14.4 Å². The highest BCUT2D eigenvalue weighted by Crippen LogP contribution is 2.30. The van der Waals surface area contributed by atoms with Crippen LogP contribution in [0.2, 0.25) is 0 Å². The summed E-state index contributed by atoms with van der Waals surface area (Å²) in [5.74, 6) is -0.805. The maximum atomic E-state index is 12.6. The Kier molecular flexibility index (Phi) is 4.33. The first-order valence-electron chi connectivity index (χ1n) is 8.05. The normalized spacial score (nSPS) is 30.1. The molecule has 0 aromatic heterocycles. The van der Waals surface area contributed by atoms with Gasteiger partial charge in [-0.05, 0) is 12.8 Å². The second kappa shape index (κ2) is 6.24. The number of hydrogen-bond donors (Lipinski definition) is 1. The number of rotatable bonds is 3. The van der Waals surface area contributed by atoms with Crippen LogP contribution in [0.25, 0.3) is 0 Å². The zero-order chi connectivity index (χ0) is 15.7. The number of nitrogens with zero attached hydrogens (tertiary/aromatic N) is 2. The average molecular weight is 309 g/mol. The molecule has 7 heteroatoms. The van der Waals surface area contributed by atoms with Crippen molar-refractivity contribution in [1.29, 1.82) is 0 Å². The van der Waals surface area contributed by atoms with E-state index in [1.807, 2.05) is 4.90 Å². The fourth-order valence-corrected chi connectivity index (χ4v) is 3.75. The van der Waals surface area contributed by atoms with Gasteiger partial charge in [0, 0.05) is 25.6 Å². The molecule has 3 aliphatic rings. The zero-order valence-electron chi connectivity index (χ0n) is 12.7. The molecule has 0 aromatic rings. The number of likely N-dealkylation sites (tertiary alicyclic amines) is 1. The molecular formula is C15H23N3O4. The molecule has 2 aliphatic heterocycles. The molecule has 2 atom stereocenters. The molecule has 3 amide bonds. The van der Waals surface area contributed by atoms with Crippen LogP contribution in [0.5, 0.6) is 0 Å². The minimum absolute atomic E-state index is 0.0524. The van der Waals surface area contributed by atoms with Crippen LogP contribution in [0.1, 0.15) is 32.1 Å². The Labute approximate surface area is 129 Å². The summed E-state index contributed by atoms with van der Waals surface area (Å²) in [7, 11) is 0. The lowest BCUT2D eigenvalue weighted by Crippen LogP contribution is -2.52. The van der Waals surface area contributed by atoms with E-state index in [0.29, 0.717) is 25.7 Å². The van der Waals surface area contributed by atoms with Crippen molar-refractivity contribution in [2.24, 2.45) is 11.7 Å². The first-order valence-corrected chi connectivity index (χ1v) is 8.05. The van der Waals surface area contributed by atoms with Crippen LogP contribution in [0.3, 0.4) is 0 Å². The molecule has 0 spiro atoms. The Morgan fingerprint density at radius 3 is 2.59 bits per heavy atom. The van der Waals surface area contributed by atoms with Crippen molar-refractivity contribution in [1.82, 2.24) is 9.80 Å². The van der Waals surface area contributed by atoms with Crippen molar-refractivity contribution in [3.05, 3.63) is 0 Å². The highest BCUT2D eigenvalue weighted by Gasteiger charge is 2.41. The lowest BCUT2D eigenvalue weighted by atomic mass is 10.1. The lowest BCUT2D eigenvalue weighted by molar-refractivity contribution is -0.148. The van der Waals surface area contributed by atoms with Gasteiger partial charge in [0.1, 0.15) is 0 Å². The molecule has 0 aromatic carbocycles. The molecule has 122 valence electrons. The molecule has 2 saturated heterocycles. The topological polar surface area (TPSA) is 92.9 Å². The van der Waals surface area contributed by atoms with Crippen LogP contribution in [0.4, 0.5) is 0 Å². The molecule has 1 saturated carbocycles. The third kappa shape index (κ3) is 2.95. The van der Waals surface area contributed by atoms with Gasteiger partial charge in [0.2, 0.25) is 17.7 Å². The number of nitrogens with two attached hydrogens (primary N) is 1. The molecule has 3 fully saturated rings. The molecule has 7 nitrogen and oxygen atoms in total. The highest BCUT2D eigenvalue weighted by atomic mass is 16.5. The maximum absolute atomic E-state index is 12.6. The van der Waals surface area contributed by atoms with Gasteiger partial charge in [-0.1, -0.05) is 12.8 Å². The maximum Gasteiger partial charge on any atom is 0.248 e. The van der Waals surface area contributed by atoms with Crippen LogP contribution in [-0.2, 0) is 19.1 Å². The first-order chi connectivity index (χ1) is 10.6. The van der Waals surface area contributed by atoms with E-state index in [1.165, 1.54) is 0 Å². The Hall–Kier alpha value is -1.63. The van der Waals surface area contributed by atoms with Crippen LogP contribution in [0, 0.1) is 5.92 Å². The lowest BCUT2D eigenvalue weighted by Gasteiger charge is -2.33. The van der Waals surface area contributed by atoms with Gasteiger partial charge in [-0.2, -0.15) is 0 Å². The fourth-order valence-electron chi connectivity index (χ4n) is 3.75. The Balaban J connectivity index is 1.60. The molecular weight excluding hydrogens is 286 g/mol. The molecule has 3 rings (SSSR count). The second-order valence-electron chi connectivity index (χ2n) is 6.43. The van der Waals surface area contributed by atoms with E-state index in [-0.39, 0.29) is 30.7 Å². The number of hydrogen-bond acceptors (Lipinski definition) is 4. The molecule has 2 N–H and O–H groups in total. The minimum Gasteiger partial charge on any atom is -0.367 e. The van der Waals surface area contributed by atoms with Gasteiger partial charge in [-0.15, -0.1) is 0 Å². The summed E-state index contributed by atoms with van der Waals surface area (Å²) in [4.78, 5) is 39.5. The molecule has 1 aliphatic carbocycles. The predicted molar refractivity (Wildman–Crippen MR) is 77.6 cm³/mol. The van der Waals surface area contributed by atoms with Crippen molar-refractivity contribution < 1.29 is 19.1 Å². The SMILES string of the molecule is NC(=O)C1CN(C(=O)C2CC(=O)N(C3CCCC3)C2)CCO1. The average Bonchev–Trinajstić information content (AvgIpc) is 3.15. The standard InChI is InChI=1S/C15H23N3O4/c16-14(20)12-9-17(5-6-22-12)15(21)10-7-13(19)18(8-10)11-3-1-2-4-11/h10-12H,1-9H2,(H2,16,20). The van der Waals surface area contributed by atoms with Gasteiger partial charge in [0.15, 0.2) is 6.10 Å². The van der Waals surface area contributed by atoms with E-state index in [9.17, 15) is 14.4 Å². The molecule has 0 radical (unpaired) electrons. The summed E-state index contributed by atoms with van der Waals surface area (Å²) in [6, 6.07) is 0.313. The molecule has 2 unspecified atom stereocenters. The van der Waals surface area contributed by atoms with Gasteiger partial charge in [-0.25, -0.2) is 0 Å². The Bertz CT molecular complexity index is 475. The number of carbonyl (C=O) groups excluding carboxylic acids is 3. The number of amides is 3. The molecule has 22 heavy (non-hydrogen) atoms. The fraction of sp³-hybridized carbons (Fsp3) is 0.800. The van der Waals surface area contributed by atoms with E-state index in [4.69, 9.17) is 10.5 Å². The van der Waals surface area contributed by atoms with E-state index >= 15 is 0 Å². The van der Waals surface area contributed by atoms with Gasteiger partial charge < -0.3 is 20.3 Å². The van der Waals surface area contributed by atoms with Crippen molar-refractivity contribution in [2.75, 3.05) is 26.2 Å². The Morgan fingerprint density at radius 1 is 1.18 bits per heavy atom.